The largest absolute Gasteiger partial charge is 0.488 e. The summed E-state index contributed by atoms with van der Waals surface area (Å²) in [6.45, 7) is 1.91. The molecule has 0 atom stereocenters. The Morgan fingerprint density at radius 2 is 1.77 bits per heavy atom. The molecule has 1 aromatic heterocycles. The van der Waals surface area contributed by atoms with Crippen LogP contribution in [0.5, 0.6) is 5.75 Å². The van der Waals surface area contributed by atoms with E-state index >= 15 is 0 Å². The van der Waals surface area contributed by atoms with Crippen molar-refractivity contribution in [2.24, 2.45) is 0 Å². The third-order valence-electron chi connectivity index (χ3n) is 3.99. The van der Waals surface area contributed by atoms with Gasteiger partial charge in [0, 0.05) is 34.3 Å². The van der Waals surface area contributed by atoms with Gasteiger partial charge in [0.2, 0.25) is 5.91 Å². The van der Waals surface area contributed by atoms with Crippen LogP contribution in [0.25, 0.3) is 10.4 Å². The predicted molar refractivity (Wildman–Crippen MR) is 103 cm³/mol. The Kier molecular flexibility index (Phi) is 4.18. The third-order valence-corrected chi connectivity index (χ3v) is 5.20. The molecule has 2 amide bonds. The summed E-state index contributed by atoms with van der Waals surface area (Å²) in [6, 6.07) is 16.8. The van der Waals surface area contributed by atoms with E-state index in [1.165, 1.54) is 18.3 Å². The van der Waals surface area contributed by atoms with Crippen LogP contribution in [0.1, 0.15) is 22.2 Å². The smallest absolute Gasteiger partial charge is 0.265 e. The molecular formula is C20H16N2O3S. The molecule has 1 aliphatic heterocycles. The monoisotopic (exact) mass is 364 g/mol. The van der Waals surface area contributed by atoms with Crippen molar-refractivity contribution in [2.45, 2.75) is 13.5 Å². The minimum atomic E-state index is -0.179. The Bertz CT molecular complexity index is 1010. The number of ether oxygens (including phenoxy) is 1. The highest BCUT2D eigenvalue weighted by atomic mass is 32.1. The number of carbonyl (C=O) groups excluding carboxylic acids is 2. The van der Waals surface area contributed by atoms with Crippen LogP contribution in [0.15, 0.2) is 54.6 Å². The second-order valence-electron chi connectivity index (χ2n) is 5.97. The maximum Gasteiger partial charge on any atom is 0.265 e. The fraction of sp³-hybridized carbons (Fsp3) is 0.100. The highest BCUT2D eigenvalue weighted by Gasteiger charge is 2.22. The Hall–Kier alpha value is -3.12. The summed E-state index contributed by atoms with van der Waals surface area (Å²) >= 11 is 1.46. The Balaban J connectivity index is 1.57. The lowest BCUT2D eigenvalue weighted by molar-refractivity contribution is -0.114. The van der Waals surface area contributed by atoms with E-state index in [9.17, 15) is 9.59 Å². The number of benzene rings is 2. The van der Waals surface area contributed by atoms with Crippen LogP contribution in [0, 0.1) is 0 Å². The summed E-state index contributed by atoms with van der Waals surface area (Å²) in [5, 5.41) is 5.59. The van der Waals surface area contributed by atoms with Gasteiger partial charge in [-0.25, -0.2) is 0 Å². The number of fused-ring (bicyclic) bond motifs is 3. The minimum Gasteiger partial charge on any atom is -0.488 e. The van der Waals surface area contributed by atoms with Gasteiger partial charge in [-0.15, -0.1) is 11.3 Å². The molecule has 0 radical (unpaired) electrons. The van der Waals surface area contributed by atoms with E-state index in [1.54, 1.807) is 24.3 Å². The highest BCUT2D eigenvalue weighted by molar-refractivity contribution is 7.17. The van der Waals surface area contributed by atoms with Gasteiger partial charge in [-0.2, -0.15) is 0 Å². The molecule has 2 aromatic carbocycles. The fourth-order valence-corrected chi connectivity index (χ4v) is 3.97. The second kappa shape index (κ2) is 6.65. The number of para-hydroxylation sites is 1. The van der Waals surface area contributed by atoms with Crippen LogP contribution in [-0.4, -0.2) is 11.8 Å². The molecule has 0 bridgehead atoms. The van der Waals surface area contributed by atoms with Crippen LogP contribution < -0.4 is 15.4 Å². The number of hydrogen-bond donors (Lipinski definition) is 2. The molecule has 0 aliphatic carbocycles. The molecule has 130 valence electrons. The Morgan fingerprint density at radius 1 is 1.00 bits per heavy atom. The number of carbonyl (C=O) groups is 2. The Labute approximate surface area is 154 Å². The topological polar surface area (TPSA) is 67.4 Å². The summed E-state index contributed by atoms with van der Waals surface area (Å²) in [4.78, 5) is 25.5. The normalized spacial score (nSPS) is 11.7. The van der Waals surface area contributed by atoms with E-state index in [2.05, 4.69) is 10.6 Å². The van der Waals surface area contributed by atoms with E-state index in [4.69, 9.17) is 4.74 Å². The first-order chi connectivity index (χ1) is 12.6. The number of hydrogen-bond acceptors (Lipinski definition) is 4. The molecule has 0 spiro atoms. The van der Waals surface area contributed by atoms with Crippen molar-refractivity contribution in [3.8, 4) is 16.2 Å². The first kappa shape index (κ1) is 16.4. The molecular weight excluding hydrogens is 348 g/mol. The van der Waals surface area contributed by atoms with E-state index in [0.717, 1.165) is 21.8 Å². The molecule has 3 aromatic rings. The van der Waals surface area contributed by atoms with Gasteiger partial charge in [-0.05, 0) is 36.4 Å². The molecule has 0 saturated carbocycles. The molecule has 5 nitrogen and oxygen atoms in total. The van der Waals surface area contributed by atoms with Crippen molar-refractivity contribution < 1.29 is 14.3 Å². The fourth-order valence-electron chi connectivity index (χ4n) is 2.88. The van der Waals surface area contributed by atoms with E-state index < -0.39 is 0 Å². The summed E-state index contributed by atoms with van der Waals surface area (Å²) in [5.41, 5.74) is 3.31. The van der Waals surface area contributed by atoms with Crippen molar-refractivity contribution in [3.05, 3.63) is 65.0 Å². The van der Waals surface area contributed by atoms with Crippen molar-refractivity contribution in [1.29, 1.82) is 0 Å². The van der Waals surface area contributed by atoms with Crippen LogP contribution >= 0.6 is 11.3 Å². The SMILES string of the molecule is CC(=O)Nc1cccc(NC(=O)c2cc3c(s2)-c2ccccc2OC3)c1. The van der Waals surface area contributed by atoms with E-state index in [0.29, 0.717) is 22.9 Å². The van der Waals surface area contributed by atoms with Gasteiger partial charge in [-0.1, -0.05) is 18.2 Å². The molecule has 2 N–H and O–H groups in total. The summed E-state index contributed by atoms with van der Waals surface area (Å²) in [6.07, 6.45) is 0. The summed E-state index contributed by atoms with van der Waals surface area (Å²) in [5.74, 6) is 0.511. The van der Waals surface area contributed by atoms with Crippen LogP contribution in [0.4, 0.5) is 11.4 Å². The van der Waals surface area contributed by atoms with Gasteiger partial charge in [0.15, 0.2) is 0 Å². The first-order valence-corrected chi connectivity index (χ1v) is 8.96. The maximum atomic E-state index is 12.6. The van der Waals surface area contributed by atoms with Crippen molar-refractivity contribution in [1.82, 2.24) is 0 Å². The number of anilines is 2. The van der Waals surface area contributed by atoms with Gasteiger partial charge >= 0.3 is 0 Å². The first-order valence-electron chi connectivity index (χ1n) is 8.14. The maximum absolute atomic E-state index is 12.6. The summed E-state index contributed by atoms with van der Waals surface area (Å²) in [7, 11) is 0. The van der Waals surface area contributed by atoms with Gasteiger partial charge in [0.05, 0.1) is 4.88 Å². The van der Waals surface area contributed by atoms with Crippen molar-refractivity contribution in [3.63, 3.8) is 0 Å². The average Bonchev–Trinajstić information content (AvgIpc) is 3.06. The van der Waals surface area contributed by atoms with E-state index in [1.807, 2.05) is 30.3 Å². The predicted octanol–water partition coefficient (Wildman–Crippen LogP) is 4.52. The molecule has 2 heterocycles. The molecule has 0 fully saturated rings. The standard InChI is InChI=1S/C20H16N2O3S/c1-12(23)21-14-5-4-6-15(10-14)22-20(24)18-9-13-11-25-17-8-3-2-7-16(17)19(13)26-18/h2-10H,11H2,1H3,(H,21,23)(H,22,24). The number of rotatable bonds is 3. The van der Waals surface area contributed by atoms with E-state index in [-0.39, 0.29) is 11.8 Å². The molecule has 1 aliphatic rings. The van der Waals surface area contributed by atoms with Gasteiger partial charge in [0.25, 0.3) is 5.91 Å². The Morgan fingerprint density at radius 3 is 2.58 bits per heavy atom. The van der Waals surface area contributed by atoms with Gasteiger partial charge < -0.3 is 15.4 Å². The van der Waals surface area contributed by atoms with Gasteiger partial charge in [-0.3, -0.25) is 9.59 Å². The lowest BCUT2D eigenvalue weighted by Gasteiger charge is -2.16. The number of thiophene rings is 1. The number of amides is 2. The van der Waals surface area contributed by atoms with Crippen LogP contribution in [-0.2, 0) is 11.4 Å². The minimum absolute atomic E-state index is 0.155. The zero-order valence-electron chi connectivity index (χ0n) is 14.0. The quantitative estimate of drug-likeness (QED) is 0.718. The lowest BCUT2D eigenvalue weighted by atomic mass is 10.1. The van der Waals surface area contributed by atoms with Crippen LogP contribution in [0.3, 0.4) is 0 Å². The molecule has 26 heavy (non-hydrogen) atoms. The molecule has 6 heteroatoms. The second-order valence-corrected chi connectivity index (χ2v) is 7.02. The van der Waals surface area contributed by atoms with Gasteiger partial charge in [0.1, 0.15) is 12.4 Å². The molecule has 0 unspecified atom stereocenters. The molecule has 4 rings (SSSR count). The summed E-state index contributed by atoms with van der Waals surface area (Å²) < 4.78 is 5.75. The zero-order chi connectivity index (χ0) is 18.1. The highest BCUT2D eigenvalue weighted by Crippen LogP contribution is 2.42. The number of nitrogens with one attached hydrogen (secondary N) is 2. The zero-order valence-corrected chi connectivity index (χ0v) is 14.9. The average molecular weight is 364 g/mol. The third kappa shape index (κ3) is 3.19. The van der Waals surface area contributed by atoms with Crippen LogP contribution in [0.2, 0.25) is 0 Å². The van der Waals surface area contributed by atoms with Crippen molar-refractivity contribution >= 4 is 34.5 Å². The molecule has 0 saturated heterocycles. The lowest BCUT2D eigenvalue weighted by Crippen LogP contribution is -2.11. The van der Waals surface area contributed by atoms with Crippen molar-refractivity contribution in [2.75, 3.05) is 10.6 Å².